The lowest BCUT2D eigenvalue weighted by Crippen LogP contribution is -2.55. The fourth-order valence-electron chi connectivity index (χ4n) is 5.03. The zero-order valence-corrected chi connectivity index (χ0v) is 18.2. The monoisotopic (exact) mass is 417 g/mol. The molecule has 0 unspecified atom stereocenters. The van der Waals surface area contributed by atoms with E-state index in [1.54, 1.807) is 0 Å². The van der Waals surface area contributed by atoms with Crippen LogP contribution in [0.1, 0.15) is 35.7 Å². The number of hydrogen-bond acceptors (Lipinski definition) is 4. The second-order valence-electron chi connectivity index (χ2n) is 8.86. The highest BCUT2D eigenvalue weighted by atomic mass is 16.5. The average molecular weight is 418 g/mol. The number of anilines is 2. The van der Waals surface area contributed by atoms with Crippen LogP contribution in [-0.4, -0.2) is 67.2 Å². The Morgan fingerprint density at radius 3 is 2.71 bits per heavy atom. The zero-order valence-electron chi connectivity index (χ0n) is 18.2. The highest BCUT2D eigenvalue weighted by Crippen LogP contribution is 2.32. The van der Waals surface area contributed by atoms with E-state index >= 15 is 0 Å². The molecule has 2 aromatic rings. The Bertz CT molecular complexity index is 949. The number of fused-ring (bicyclic) bond motifs is 1. The summed E-state index contributed by atoms with van der Waals surface area (Å²) in [6.07, 6.45) is 7.06. The third-order valence-electron chi connectivity index (χ3n) is 6.70. The summed E-state index contributed by atoms with van der Waals surface area (Å²) in [7, 11) is 0. The zero-order chi connectivity index (χ0) is 21.2. The summed E-state index contributed by atoms with van der Waals surface area (Å²) in [6, 6.07) is 16.7. The van der Waals surface area contributed by atoms with Gasteiger partial charge in [0.2, 0.25) is 0 Å². The summed E-state index contributed by atoms with van der Waals surface area (Å²) in [5.74, 6) is 0.134. The SMILES string of the molecule is C[C@@H]1CN(C[C@H]2CCCO2)CCN1C(=O)c1ccc(N2CC=Cc3ccccc32)cc1. The van der Waals surface area contributed by atoms with Gasteiger partial charge in [-0.25, -0.2) is 0 Å². The number of nitrogens with zero attached hydrogens (tertiary/aromatic N) is 3. The second-order valence-corrected chi connectivity index (χ2v) is 8.86. The Hall–Kier alpha value is -2.63. The van der Waals surface area contributed by atoms with Crippen LogP contribution in [0.3, 0.4) is 0 Å². The molecule has 5 heteroatoms. The van der Waals surface area contributed by atoms with E-state index in [4.69, 9.17) is 4.74 Å². The number of piperazine rings is 1. The van der Waals surface area contributed by atoms with Crippen LogP contribution in [0.2, 0.25) is 0 Å². The number of amides is 1. The number of para-hydroxylation sites is 1. The van der Waals surface area contributed by atoms with Gasteiger partial charge in [-0.1, -0.05) is 30.4 Å². The maximum Gasteiger partial charge on any atom is 0.254 e. The summed E-state index contributed by atoms with van der Waals surface area (Å²) in [4.78, 5) is 20.0. The summed E-state index contributed by atoms with van der Waals surface area (Å²) >= 11 is 0. The molecule has 3 aliphatic rings. The maximum atomic E-state index is 13.2. The molecule has 1 amide bonds. The Labute approximate surface area is 184 Å². The van der Waals surface area contributed by atoms with Crippen LogP contribution in [0.15, 0.2) is 54.6 Å². The van der Waals surface area contributed by atoms with Gasteiger partial charge >= 0.3 is 0 Å². The molecule has 0 radical (unpaired) electrons. The minimum Gasteiger partial charge on any atom is -0.377 e. The van der Waals surface area contributed by atoms with E-state index in [-0.39, 0.29) is 11.9 Å². The molecule has 3 aliphatic heterocycles. The molecular weight excluding hydrogens is 386 g/mol. The number of benzene rings is 2. The fraction of sp³-hybridized carbons (Fsp3) is 0.423. The third kappa shape index (κ3) is 4.25. The molecule has 2 fully saturated rings. The highest BCUT2D eigenvalue weighted by molar-refractivity contribution is 5.95. The molecule has 2 aromatic carbocycles. The van der Waals surface area contributed by atoms with Crippen LogP contribution < -0.4 is 4.90 Å². The van der Waals surface area contributed by atoms with Crippen molar-refractivity contribution in [3.63, 3.8) is 0 Å². The lowest BCUT2D eigenvalue weighted by Gasteiger charge is -2.40. The number of rotatable bonds is 4. The molecule has 0 saturated carbocycles. The van der Waals surface area contributed by atoms with Gasteiger partial charge in [0, 0.05) is 62.3 Å². The normalized spacial score (nSPS) is 23.8. The van der Waals surface area contributed by atoms with Crippen molar-refractivity contribution < 1.29 is 9.53 Å². The minimum atomic E-state index is 0.134. The van der Waals surface area contributed by atoms with Gasteiger partial charge in [0.05, 0.1) is 6.10 Å². The number of ether oxygens (including phenoxy) is 1. The van der Waals surface area contributed by atoms with Crippen molar-refractivity contribution in [2.75, 3.05) is 44.2 Å². The molecule has 0 aliphatic carbocycles. The minimum absolute atomic E-state index is 0.134. The van der Waals surface area contributed by atoms with Crippen molar-refractivity contribution in [2.24, 2.45) is 0 Å². The largest absolute Gasteiger partial charge is 0.377 e. The summed E-state index contributed by atoms with van der Waals surface area (Å²) < 4.78 is 5.79. The molecule has 0 spiro atoms. The molecule has 2 atom stereocenters. The van der Waals surface area contributed by atoms with E-state index in [1.165, 1.54) is 17.7 Å². The predicted molar refractivity (Wildman–Crippen MR) is 125 cm³/mol. The topological polar surface area (TPSA) is 36.0 Å². The van der Waals surface area contributed by atoms with E-state index in [0.717, 1.165) is 57.0 Å². The van der Waals surface area contributed by atoms with Crippen LogP contribution in [0.4, 0.5) is 11.4 Å². The number of carbonyl (C=O) groups is 1. The van der Waals surface area contributed by atoms with Crippen LogP contribution >= 0.6 is 0 Å². The fourth-order valence-corrected chi connectivity index (χ4v) is 5.03. The van der Waals surface area contributed by atoms with E-state index in [2.05, 4.69) is 65.3 Å². The van der Waals surface area contributed by atoms with E-state index in [9.17, 15) is 4.79 Å². The molecule has 0 bridgehead atoms. The Balaban J connectivity index is 1.24. The van der Waals surface area contributed by atoms with Gasteiger partial charge in [-0.05, 0) is 55.7 Å². The molecular formula is C26H31N3O2. The first-order valence-corrected chi connectivity index (χ1v) is 11.5. The van der Waals surface area contributed by atoms with Gasteiger partial charge in [-0.15, -0.1) is 0 Å². The Morgan fingerprint density at radius 1 is 1.10 bits per heavy atom. The molecule has 31 heavy (non-hydrogen) atoms. The quantitative estimate of drug-likeness (QED) is 0.748. The van der Waals surface area contributed by atoms with Crippen molar-refractivity contribution in [3.8, 4) is 0 Å². The smallest absolute Gasteiger partial charge is 0.254 e. The lowest BCUT2D eigenvalue weighted by atomic mass is 10.1. The van der Waals surface area contributed by atoms with Crippen LogP contribution in [0, 0.1) is 0 Å². The average Bonchev–Trinajstić information content (AvgIpc) is 3.32. The number of carbonyl (C=O) groups excluding carboxylic acids is 1. The first-order chi connectivity index (χ1) is 15.2. The van der Waals surface area contributed by atoms with Gasteiger partial charge < -0.3 is 14.5 Å². The first kappa shape index (κ1) is 20.3. The van der Waals surface area contributed by atoms with E-state index < -0.39 is 0 Å². The summed E-state index contributed by atoms with van der Waals surface area (Å²) in [5.41, 5.74) is 4.32. The molecule has 3 heterocycles. The lowest BCUT2D eigenvalue weighted by molar-refractivity contribution is 0.0279. The summed E-state index contributed by atoms with van der Waals surface area (Å²) in [5, 5.41) is 0. The van der Waals surface area contributed by atoms with Crippen molar-refractivity contribution in [1.82, 2.24) is 9.80 Å². The van der Waals surface area contributed by atoms with Crippen molar-refractivity contribution >= 4 is 23.4 Å². The Morgan fingerprint density at radius 2 is 1.94 bits per heavy atom. The third-order valence-corrected chi connectivity index (χ3v) is 6.70. The molecule has 0 N–H and O–H groups in total. The molecule has 5 rings (SSSR count). The molecule has 2 saturated heterocycles. The van der Waals surface area contributed by atoms with Crippen molar-refractivity contribution in [3.05, 3.63) is 65.7 Å². The van der Waals surface area contributed by atoms with Gasteiger partial charge in [-0.3, -0.25) is 9.69 Å². The Kier molecular flexibility index (Phi) is 5.79. The molecule has 5 nitrogen and oxygen atoms in total. The van der Waals surface area contributed by atoms with E-state index in [0.29, 0.717) is 6.10 Å². The number of hydrogen-bond donors (Lipinski definition) is 0. The van der Waals surface area contributed by atoms with Crippen molar-refractivity contribution in [2.45, 2.75) is 31.9 Å². The molecule has 162 valence electrons. The van der Waals surface area contributed by atoms with Gasteiger partial charge in [0.1, 0.15) is 0 Å². The first-order valence-electron chi connectivity index (χ1n) is 11.5. The van der Waals surface area contributed by atoms with Gasteiger partial charge in [0.15, 0.2) is 0 Å². The second kappa shape index (κ2) is 8.85. The maximum absolute atomic E-state index is 13.2. The predicted octanol–water partition coefficient (Wildman–Crippen LogP) is 4.18. The van der Waals surface area contributed by atoms with Gasteiger partial charge in [-0.2, -0.15) is 0 Å². The highest BCUT2D eigenvalue weighted by Gasteiger charge is 2.30. The van der Waals surface area contributed by atoms with Crippen LogP contribution in [0.5, 0.6) is 0 Å². The summed E-state index contributed by atoms with van der Waals surface area (Å²) in [6.45, 7) is 7.50. The van der Waals surface area contributed by atoms with Crippen LogP contribution in [-0.2, 0) is 4.74 Å². The van der Waals surface area contributed by atoms with Crippen molar-refractivity contribution in [1.29, 1.82) is 0 Å². The standard InChI is InChI=1S/C26H31N3O2/c1-20-18-27(19-24-8-5-17-31-24)15-16-28(20)26(30)22-10-12-23(13-11-22)29-14-4-7-21-6-2-3-9-25(21)29/h2-4,6-7,9-13,20,24H,5,8,14-19H2,1H3/t20-,24-/m1/s1. The van der Waals surface area contributed by atoms with Crippen LogP contribution in [0.25, 0.3) is 6.08 Å². The van der Waals surface area contributed by atoms with E-state index in [1.807, 2.05) is 17.0 Å². The van der Waals surface area contributed by atoms with Gasteiger partial charge in [0.25, 0.3) is 5.91 Å². The molecule has 0 aromatic heterocycles.